The van der Waals surface area contributed by atoms with Crippen LogP contribution in [0.1, 0.15) is 23.8 Å². The van der Waals surface area contributed by atoms with Gasteiger partial charge in [0.05, 0.1) is 18.8 Å². The van der Waals surface area contributed by atoms with Crippen LogP contribution < -0.4 is 0 Å². The van der Waals surface area contributed by atoms with E-state index in [0.717, 1.165) is 19.6 Å². The van der Waals surface area contributed by atoms with Gasteiger partial charge in [-0.2, -0.15) is 0 Å². The molecule has 2 rings (SSSR count). The zero-order valence-corrected chi connectivity index (χ0v) is 10.6. The van der Waals surface area contributed by atoms with Gasteiger partial charge in [0.25, 0.3) is 0 Å². The minimum atomic E-state index is -1.05. The van der Waals surface area contributed by atoms with Crippen LogP contribution in [0.3, 0.4) is 0 Å². The van der Waals surface area contributed by atoms with Crippen LogP contribution in [0.15, 0.2) is 6.20 Å². The molecule has 7 heteroatoms. The molecule has 1 aromatic heterocycles. The normalized spacial score (nSPS) is 23.7. The Kier molecular flexibility index (Phi) is 3.93. The summed E-state index contributed by atoms with van der Waals surface area (Å²) in [5, 5.41) is 16.1. The Morgan fingerprint density at radius 2 is 2.50 bits per heavy atom. The zero-order chi connectivity index (χ0) is 13.1. The lowest BCUT2D eigenvalue weighted by atomic mass is 10.1. The number of rotatable bonds is 5. The first kappa shape index (κ1) is 13.0. The highest BCUT2D eigenvalue weighted by molar-refractivity contribution is 5.84. The molecule has 0 bridgehead atoms. The number of carboxylic acid groups (broad SMARTS) is 1. The molecule has 0 saturated carbocycles. The molecule has 18 heavy (non-hydrogen) atoms. The topological polar surface area (TPSA) is 80.5 Å². The summed E-state index contributed by atoms with van der Waals surface area (Å²) in [5.74, 6) is -1.05. The highest BCUT2D eigenvalue weighted by atomic mass is 16.5. The van der Waals surface area contributed by atoms with Gasteiger partial charge in [-0.1, -0.05) is 5.21 Å². The first-order chi connectivity index (χ1) is 8.58. The maximum absolute atomic E-state index is 10.7. The molecule has 1 fully saturated rings. The van der Waals surface area contributed by atoms with Crippen LogP contribution in [-0.4, -0.2) is 63.3 Å². The molecule has 2 unspecified atom stereocenters. The van der Waals surface area contributed by atoms with Crippen molar-refractivity contribution in [2.24, 2.45) is 0 Å². The molecule has 1 aromatic rings. The van der Waals surface area contributed by atoms with E-state index in [0.29, 0.717) is 12.6 Å². The summed E-state index contributed by atoms with van der Waals surface area (Å²) in [6.45, 7) is 4.30. The predicted molar refractivity (Wildman–Crippen MR) is 63.4 cm³/mol. The highest BCUT2D eigenvalue weighted by Gasteiger charge is 2.27. The van der Waals surface area contributed by atoms with Gasteiger partial charge >= 0.3 is 5.97 Å². The van der Waals surface area contributed by atoms with Crippen LogP contribution in [-0.2, 0) is 11.3 Å². The van der Waals surface area contributed by atoms with Crippen molar-refractivity contribution in [2.45, 2.75) is 32.0 Å². The standard InChI is InChI=1S/C11H18N4O3/c1-8-10(3-6-18-8)14(2)4-5-15-7-9(11(16)17)12-13-15/h7-8,10H,3-6H2,1-2H3,(H,16,17). The number of nitrogens with zero attached hydrogens (tertiary/aromatic N) is 4. The molecule has 1 N–H and O–H groups in total. The average molecular weight is 254 g/mol. The molecule has 0 amide bonds. The van der Waals surface area contributed by atoms with Crippen molar-refractivity contribution in [2.75, 3.05) is 20.2 Å². The van der Waals surface area contributed by atoms with Gasteiger partial charge in [-0.3, -0.25) is 9.58 Å². The van der Waals surface area contributed by atoms with Gasteiger partial charge in [-0.15, -0.1) is 5.10 Å². The molecule has 2 atom stereocenters. The fourth-order valence-electron chi connectivity index (χ4n) is 2.23. The molecular weight excluding hydrogens is 236 g/mol. The molecule has 1 aliphatic rings. The summed E-state index contributed by atoms with van der Waals surface area (Å²) in [4.78, 5) is 12.9. The van der Waals surface area contributed by atoms with Crippen molar-refractivity contribution in [3.63, 3.8) is 0 Å². The number of hydrogen-bond acceptors (Lipinski definition) is 5. The Hall–Kier alpha value is -1.47. The lowest BCUT2D eigenvalue weighted by Gasteiger charge is -2.26. The molecule has 1 saturated heterocycles. The van der Waals surface area contributed by atoms with Gasteiger partial charge in [0.2, 0.25) is 0 Å². The van der Waals surface area contributed by atoms with E-state index in [2.05, 4.69) is 22.1 Å². The van der Waals surface area contributed by atoms with E-state index in [9.17, 15) is 4.79 Å². The number of ether oxygens (including phenoxy) is 1. The molecule has 0 spiro atoms. The second-order valence-electron chi connectivity index (χ2n) is 4.58. The Balaban J connectivity index is 1.85. The summed E-state index contributed by atoms with van der Waals surface area (Å²) in [6, 6.07) is 0.424. The van der Waals surface area contributed by atoms with Crippen molar-refractivity contribution >= 4 is 5.97 Å². The quantitative estimate of drug-likeness (QED) is 0.802. The van der Waals surface area contributed by atoms with Crippen molar-refractivity contribution in [1.29, 1.82) is 0 Å². The van der Waals surface area contributed by atoms with Gasteiger partial charge in [0.1, 0.15) is 0 Å². The second-order valence-corrected chi connectivity index (χ2v) is 4.58. The van der Waals surface area contributed by atoms with Crippen molar-refractivity contribution in [3.8, 4) is 0 Å². The molecule has 0 aromatic carbocycles. The van der Waals surface area contributed by atoms with E-state index in [4.69, 9.17) is 9.84 Å². The zero-order valence-electron chi connectivity index (χ0n) is 10.6. The van der Waals surface area contributed by atoms with E-state index in [-0.39, 0.29) is 11.8 Å². The van der Waals surface area contributed by atoms with Crippen molar-refractivity contribution in [3.05, 3.63) is 11.9 Å². The van der Waals surface area contributed by atoms with Crippen molar-refractivity contribution in [1.82, 2.24) is 19.9 Å². The summed E-state index contributed by atoms with van der Waals surface area (Å²) >= 11 is 0. The molecule has 7 nitrogen and oxygen atoms in total. The Morgan fingerprint density at radius 1 is 1.72 bits per heavy atom. The molecule has 1 aliphatic heterocycles. The Labute approximate surface area is 105 Å². The fourth-order valence-corrected chi connectivity index (χ4v) is 2.23. The Morgan fingerprint density at radius 3 is 3.06 bits per heavy atom. The largest absolute Gasteiger partial charge is 0.476 e. The molecule has 100 valence electrons. The van der Waals surface area contributed by atoms with E-state index in [1.807, 2.05) is 7.05 Å². The number of carbonyl (C=O) groups is 1. The van der Waals surface area contributed by atoms with Crippen LogP contribution in [0.25, 0.3) is 0 Å². The number of aromatic carboxylic acids is 1. The second kappa shape index (κ2) is 5.45. The molecule has 0 aliphatic carbocycles. The number of likely N-dealkylation sites (N-methyl/N-ethyl adjacent to an activating group) is 1. The molecule has 0 radical (unpaired) electrons. The maximum atomic E-state index is 10.7. The monoisotopic (exact) mass is 254 g/mol. The summed E-state index contributed by atoms with van der Waals surface area (Å²) in [7, 11) is 2.05. The van der Waals surface area contributed by atoms with Crippen molar-refractivity contribution < 1.29 is 14.6 Å². The van der Waals surface area contributed by atoms with Crippen LogP contribution >= 0.6 is 0 Å². The number of hydrogen-bond donors (Lipinski definition) is 1. The first-order valence-electron chi connectivity index (χ1n) is 6.03. The third-order valence-electron chi connectivity index (χ3n) is 3.34. The van der Waals surface area contributed by atoms with Gasteiger partial charge < -0.3 is 9.84 Å². The molecule has 2 heterocycles. The highest BCUT2D eigenvalue weighted by Crippen LogP contribution is 2.17. The minimum absolute atomic E-state index is 0.0183. The SMILES string of the molecule is CC1OCCC1N(C)CCn1cc(C(=O)O)nn1. The lowest BCUT2D eigenvalue weighted by Crippen LogP contribution is -2.38. The summed E-state index contributed by atoms with van der Waals surface area (Å²) in [5.41, 5.74) is -0.0183. The van der Waals surface area contributed by atoms with Crippen LogP contribution in [0.2, 0.25) is 0 Å². The van der Waals surface area contributed by atoms with E-state index in [1.54, 1.807) is 4.68 Å². The first-order valence-corrected chi connectivity index (χ1v) is 6.03. The number of carboxylic acids is 1. The van der Waals surface area contributed by atoms with E-state index >= 15 is 0 Å². The van der Waals surface area contributed by atoms with Gasteiger partial charge in [0.15, 0.2) is 5.69 Å². The lowest BCUT2D eigenvalue weighted by molar-refractivity contribution is 0.0690. The maximum Gasteiger partial charge on any atom is 0.358 e. The smallest absolute Gasteiger partial charge is 0.358 e. The Bertz CT molecular complexity index is 420. The average Bonchev–Trinajstić information content (AvgIpc) is 2.94. The van der Waals surface area contributed by atoms with Crippen LogP contribution in [0.4, 0.5) is 0 Å². The number of aromatic nitrogens is 3. The van der Waals surface area contributed by atoms with Crippen LogP contribution in [0, 0.1) is 0 Å². The summed E-state index contributed by atoms with van der Waals surface area (Å²) in [6.07, 6.45) is 2.74. The van der Waals surface area contributed by atoms with E-state index < -0.39 is 5.97 Å². The predicted octanol–water partition coefficient (Wildman–Crippen LogP) is 0.0855. The van der Waals surface area contributed by atoms with Gasteiger partial charge in [0, 0.05) is 19.2 Å². The third kappa shape index (κ3) is 2.85. The third-order valence-corrected chi connectivity index (χ3v) is 3.34. The van der Waals surface area contributed by atoms with Gasteiger partial charge in [-0.05, 0) is 20.4 Å². The van der Waals surface area contributed by atoms with E-state index in [1.165, 1.54) is 6.20 Å². The summed E-state index contributed by atoms with van der Waals surface area (Å²) < 4.78 is 7.08. The fraction of sp³-hybridized carbons (Fsp3) is 0.727. The van der Waals surface area contributed by atoms with Crippen LogP contribution in [0.5, 0.6) is 0 Å². The minimum Gasteiger partial charge on any atom is -0.476 e. The molecular formula is C11H18N4O3. The van der Waals surface area contributed by atoms with Gasteiger partial charge in [-0.25, -0.2) is 4.79 Å².